The number of fused-ring (bicyclic) bond motifs is 2. The lowest BCUT2D eigenvalue weighted by molar-refractivity contribution is -0.112. The van der Waals surface area contributed by atoms with Crippen LogP contribution in [0.2, 0.25) is 0 Å². The van der Waals surface area contributed by atoms with Gasteiger partial charge in [0.25, 0.3) is 0 Å². The van der Waals surface area contributed by atoms with Crippen LogP contribution in [0, 0.1) is 0 Å². The fourth-order valence-electron chi connectivity index (χ4n) is 5.06. The van der Waals surface area contributed by atoms with Crippen LogP contribution in [-0.2, 0) is 16.0 Å². The summed E-state index contributed by atoms with van der Waals surface area (Å²) in [7, 11) is 1.65. The van der Waals surface area contributed by atoms with Gasteiger partial charge < -0.3 is 9.72 Å². The zero-order valence-electron chi connectivity index (χ0n) is 20.5. The summed E-state index contributed by atoms with van der Waals surface area (Å²) in [6.07, 6.45) is 9.15. The summed E-state index contributed by atoms with van der Waals surface area (Å²) in [6.45, 7) is 4.55. The molecule has 1 unspecified atom stereocenters. The number of H-pyrrole nitrogens is 1. The van der Waals surface area contributed by atoms with E-state index in [4.69, 9.17) is 14.7 Å². The third-order valence-electron chi connectivity index (χ3n) is 6.96. The first kappa shape index (κ1) is 22.7. The number of ether oxygens (including phenoxy) is 1. The largest absolute Gasteiger partial charge is 0.495 e. The highest BCUT2D eigenvalue weighted by Crippen LogP contribution is 2.50. The second-order valence-corrected chi connectivity index (χ2v) is 11.0. The van der Waals surface area contributed by atoms with Crippen LogP contribution in [0.4, 0.5) is 0 Å². The molecule has 7 heteroatoms. The number of aliphatic imine (C=N–C) groups is 1. The molecule has 180 valence electrons. The lowest BCUT2D eigenvalue weighted by Crippen LogP contribution is -2.16. The Bertz CT molecular complexity index is 1590. The number of nitrogens with one attached hydrogen (secondary N) is 1. The highest BCUT2D eigenvalue weighted by Gasteiger charge is 2.37. The lowest BCUT2D eigenvalue weighted by atomic mass is 9.92. The van der Waals surface area contributed by atoms with Crippen LogP contribution in [0.15, 0.2) is 71.0 Å². The fourth-order valence-corrected chi connectivity index (χ4v) is 6.29. The molecule has 0 spiro atoms. The normalized spacial score (nSPS) is 19.1. The third kappa shape index (κ3) is 3.84. The standard InChI is InChI=1S/C29H26N4O2S/c1-17(34)26-6-9-29(2,36-26)28-23-14-25(33-24(23)8-11-32-28)27-22-13-19(5-4-18(22)7-10-31-27)20-12-21(35-3)16-30-15-20/h4-6,8,11-16,33H,7,9-10H2,1-3H3. The molecule has 0 bridgehead atoms. The number of allylic oxidation sites excluding steroid dienone is 2. The summed E-state index contributed by atoms with van der Waals surface area (Å²) in [5.41, 5.74) is 8.45. The van der Waals surface area contributed by atoms with Crippen LogP contribution in [0.1, 0.15) is 42.8 Å². The van der Waals surface area contributed by atoms with Crippen molar-refractivity contribution in [1.29, 1.82) is 0 Å². The molecule has 0 radical (unpaired) electrons. The number of Topliss-reactive ketones (excluding diaryl/α,β-unsaturated/α-hetero) is 1. The molecule has 5 heterocycles. The Kier molecular flexibility index (Phi) is 5.52. The van der Waals surface area contributed by atoms with E-state index in [1.54, 1.807) is 32.0 Å². The van der Waals surface area contributed by atoms with Crippen molar-refractivity contribution in [1.82, 2.24) is 15.0 Å². The highest BCUT2D eigenvalue weighted by molar-refractivity contribution is 8.05. The number of hydrogen-bond acceptors (Lipinski definition) is 6. The van der Waals surface area contributed by atoms with Gasteiger partial charge in [-0.1, -0.05) is 18.2 Å². The lowest BCUT2D eigenvalue weighted by Gasteiger charge is -2.23. The van der Waals surface area contributed by atoms with Crippen LogP contribution in [-0.4, -0.2) is 40.1 Å². The molecule has 0 saturated heterocycles. The maximum Gasteiger partial charge on any atom is 0.165 e. The maximum absolute atomic E-state index is 12.0. The summed E-state index contributed by atoms with van der Waals surface area (Å²) in [5.74, 6) is 0.844. The molecule has 2 aliphatic heterocycles. The van der Waals surface area contributed by atoms with E-state index < -0.39 is 0 Å². The molecule has 1 aromatic carbocycles. The topological polar surface area (TPSA) is 80.2 Å². The Morgan fingerprint density at radius 1 is 1.14 bits per heavy atom. The van der Waals surface area contributed by atoms with Gasteiger partial charge in [0, 0.05) is 45.9 Å². The molecule has 6 rings (SSSR count). The van der Waals surface area contributed by atoms with Crippen molar-refractivity contribution in [2.75, 3.05) is 13.7 Å². The van der Waals surface area contributed by atoms with E-state index in [9.17, 15) is 4.79 Å². The molecule has 0 fully saturated rings. The van der Waals surface area contributed by atoms with Crippen LogP contribution in [0.25, 0.3) is 22.0 Å². The minimum Gasteiger partial charge on any atom is -0.495 e. The van der Waals surface area contributed by atoms with Gasteiger partial charge in [0.1, 0.15) is 5.75 Å². The Hall–Kier alpha value is -3.71. The van der Waals surface area contributed by atoms with E-state index in [2.05, 4.69) is 41.2 Å². The first-order valence-electron chi connectivity index (χ1n) is 12.0. The van der Waals surface area contributed by atoms with E-state index in [1.807, 2.05) is 30.6 Å². The second kappa shape index (κ2) is 8.75. The van der Waals surface area contributed by atoms with Crippen LogP contribution < -0.4 is 4.74 Å². The SMILES string of the molecule is COc1cncc(-c2ccc3c(c2)C(c2cc4c(C5(C)CC=C(C(C)=O)S5)nccc4[nH]2)=NCC3)c1. The number of hydrogen-bond donors (Lipinski definition) is 1. The maximum atomic E-state index is 12.0. The van der Waals surface area contributed by atoms with Gasteiger partial charge >= 0.3 is 0 Å². The summed E-state index contributed by atoms with van der Waals surface area (Å²) in [6, 6.07) is 12.7. The van der Waals surface area contributed by atoms with E-state index >= 15 is 0 Å². The Balaban J connectivity index is 1.41. The van der Waals surface area contributed by atoms with Crippen molar-refractivity contribution >= 4 is 34.2 Å². The van der Waals surface area contributed by atoms with E-state index in [1.165, 1.54) is 5.56 Å². The van der Waals surface area contributed by atoms with Crippen molar-refractivity contribution in [2.24, 2.45) is 4.99 Å². The number of aromatic nitrogens is 3. The van der Waals surface area contributed by atoms with Crippen molar-refractivity contribution in [3.63, 3.8) is 0 Å². The summed E-state index contributed by atoms with van der Waals surface area (Å²) >= 11 is 1.61. The fraction of sp³-hybridized carbons (Fsp3) is 0.241. The van der Waals surface area contributed by atoms with Gasteiger partial charge in [-0.15, -0.1) is 11.8 Å². The van der Waals surface area contributed by atoms with Gasteiger partial charge in [0.05, 0.1) is 35.2 Å². The molecule has 36 heavy (non-hydrogen) atoms. The van der Waals surface area contributed by atoms with Crippen LogP contribution in [0.5, 0.6) is 5.75 Å². The number of ketones is 1. The number of carbonyl (C=O) groups is 1. The smallest absolute Gasteiger partial charge is 0.165 e. The van der Waals surface area contributed by atoms with Crippen molar-refractivity contribution < 1.29 is 9.53 Å². The van der Waals surface area contributed by atoms with Gasteiger partial charge in [0.15, 0.2) is 5.78 Å². The number of thioether (sulfide) groups is 1. The quantitative estimate of drug-likeness (QED) is 0.376. The number of rotatable bonds is 5. The second-order valence-electron chi connectivity index (χ2n) is 9.43. The number of carbonyl (C=O) groups excluding carboxylic acids is 1. The van der Waals surface area contributed by atoms with E-state index in [-0.39, 0.29) is 10.5 Å². The minimum atomic E-state index is -0.279. The van der Waals surface area contributed by atoms with Gasteiger partial charge in [-0.25, -0.2) is 0 Å². The van der Waals surface area contributed by atoms with E-state index in [0.717, 1.165) is 74.7 Å². The first-order chi connectivity index (χ1) is 17.4. The predicted octanol–water partition coefficient (Wildman–Crippen LogP) is 5.85. The number of benzene rings is 1. The Morgan fingerprint density at radius 3 is 2.83 bits per heavy atom. The molecule has 1 N–H and O–H groups in total. The molecule has 0 amide bonds. The zero-order valence-corrected chi connectivity index (χ0v) is 21.3. The molecule has 1 atom stereocenters. The summed E-state index contributed by atoms with van der Waals surface area (Å²) in [4.78, 5) is 30.5. The average molecular weight is 495 g/mol. The predicted molar refractivity (Wildman–Crippen MR) is 145 cm³/mol. The van der Waals surface area contributed by atoms with Crippen LogP contribution in [0.3, 0.4) is 0 Å². The first-order valence-corrected chi connectivity index (χ1v) is 12.8. The third-order valence-corrected chi connectivity index (χ3v) is 8.45. The molecule has 0 saturated carbocycles. The van der Waals surface area contributed by atoms with Crippen molar-refractivity contribution in [3.05, 3.63) is 88.5 Å². The number of nitrogens with zero attached hydrogens (tertiary/aromatic N) is 3. The van der Waals surface area contributed by atoms with Gasteiger partial charge in [-0.2, -0.15) is 0 Å². The van der Waals surface area contributed by atoms with Crippen molar-refractivity contribution in [3.8, 4) is 16.9 Å². The highest BCUT2D eigenvalue weighted by atomic mass is 32.2. The number of pyridine rings is 2. The molecule has 4 aromatic rings. The average Bonchev–Trinajstić information content (AvgIpc) is 3.52. The van der Waals surface area contributed by atoms with Crippen LogP contribution >= 0.6 is 11.8 Å². The molecule has 2 aliphatic rings. The van der Waals surface area contributed by atoms with Gasteiger partial charge in [-0.3, -0.25) is 19.8 Å². The number of methoxy groups -OCH3 is 1. The monoisotopic (exact) mass is 494 g/mol. The zero-order chi connectivity index (χ0) is 24.9. The Labute approximate surface area is 213 Å². The summed E-state index contributed by atoms with van der Waals surface area (Å²) in [5, 5.41) is 1.07. The molecule has 0 aliphatic carbocycles. The van der Waals surface area contributed by atoms with Crippen molar-refractivity contribution in [2.45, 2.75) is 31.4 Å². The van der Waals surface area contributed by atoms with Gasteiger partial charge in [0.2, 0.25) is 0 Å². The van der Waals surface area contributed by atoms with Gasteiger partial charge in [-0.05, 0) is 62.1 Å². The number of aromatic amines is 1. The molecule has 3 aromatic heterocycles. The Morgan fingerprint density at radius 2 is 2.03 bits per heavy atom. The molecular weight excluding hydrogens is 468 g/mol. The molecular formula is C29H26N4O2S. The van der Waals surface area contributed by atoms with E-state index in [0.29, 0.717) is 0 Å². The summed E-state index contributed by atoms with van der Waals surface area (Å²) < 4.78 is 5.09. The minimum absolute atomic E-state index is 0.112. The molecule has 6 nitrogen and oxygen atoms in total.